The van der Waals surface area contributed by atoms with E-state index in [1.54, 1.807) is 18.2 Å². The number of para-hydroxylation sites is 1. The summed E-state index contributed by atoms with van der Waals surface area (Å²) in [7, 11) is 1.46. The predicted molar refractivity (Wildman–Crippen MR) is 76.7 cm³/mol. The monoisotopic (exact) mass is 286 g/mol. The van der Waals surface area contributed by atoms with E-state index in [0.29, 0.717) is 22.3 Å². The van der Waals surface area contributed by atoms with Crippen LogP contribution in [0.2, 0.25) is 0 Å². The van der Waals surface area contributed by atoms with Gasteiger partial charge in [0.05, 0.1) is 23.7 Å². The van der Waals surface area contributed by atoms with E-state index in [-0.39, 0.29) is 0 Å². The van der Waals surface area contributed by atoms with Crippen molar-refractivity contribution in [3.8, 4) is 11.4 Å². The van der Waals surface area contributed by atoms with Gasteiger partial charge in [-0.3, -0.25) is 4.79 Å². The van der Waals surface area contributed by atoms with Crippen molar-refractivity contribution in [3.05, 3.63) is 69.1 Å². The van der Waals surface area contributed by atoms with Crippen molar-refractivity contribution in [2.75, 3.05) is 7.11 Å². The quantitative estimate of drug-likeness (QED) is 0.781. The van der Waals surface area contributed by atoms with E-state index in [1.165, 1.54) is 31.4 Å². The zero-order valence-electron chi connectivity index (χ0n) is 11.1. The number of rotatable bonds is 2. The molecule has 106 valence electrons. The summed E-state index contributed by atoms with van der Waals surface area (Å²) >= 11 is 0. The molecule has 0 radical (unpaired) electrons. The molecule has 0 saturated heterocycles. The summed E-state index contributed by atoms with van der Waals surface area (Å²) in [5, 5.41) is 0.318. The van der Waals surface area contributed by atoms with Crippen LogP contribution < -0.4 is 16.0 Å². The van der Waals surface area contributed by atoms with Gasteiger partial charge < -0.3 is 9.72 Å². The molecule has 0 bridgehead atoms. The lowest BCUT2D eigenvalue weighted by Crippen LogP contribution is -2.33. The molecule has 5 nitrogen and oxygen atoms in total. The number of methoxy groups -OCH3 is 1. The fourth-order valence-corrected chi connectivity index (χ4v) is 2.21. The summed E-state index contributed by atoms with van der Waals surface area (Å²) in [5.74, 6) is -0.0290. The number of fused-ring (bicyclic) bond motifs is 1. The van der Waals surface area contributed by atoms with Crippen molar-refractivity contribution < 1.29 is 9.13 Å². The summed E-state index contributed by atoms with van der Waals surface area (Å²) in [6.45, 7) is 0. The van der Waals surface area contributed by atoms with Crippen LogP contribution in [0.3, 0.4) is 0 Å². The first kappa shape index (κ1) is 13.1. The van der Waals surface area contributed by atoms with Gasteiger partial charge in [0.15, 0.2) is 0 Å². The smallest absolute Gasteiger partial charge is 0.333 e. The normalized spacial score (nSPS) is 10.8. The average molecular weight is 286 g/mol. The van der Waals surface area contributed by atoms with Crippen LogP contribution in [0.1, 0.15) is 0 Å². The lowest BCUT2D eigenvalue weighted by molar-refractivity contribution is 0.418. The van der Waals surface area contributed by atoms with Crippen LogP contribution in [0, 0.1) is 5.82 Å². The molecule has 3 aromatic rings. The number of halogens is 1. The van der Waals surface area contributed by atoms with Crippen molar-refractivity contribution in [2.45, 2.75) is 0 Å². The van der Waals surface area contributed by atoms with Gasteiger partial charge in [-0.15, -0.1) is 0 Å². The Morgan fingerprint density at radius 3 is 2.48 bits per heavy atom. The van der Waals surface area contributed by atoms with E-state index in [1.807, 2.05) is 0 Å². The zero-order valence-corrected chi connectivity index (χ0v) is 11.1. The van der Waals surface area contributed by atoms with Gasteiger partial charge in [0.1, 0.15) is 11.6 Å². The van der Waals surface area contributed by atoms with Crippen molar-refractivity contribution >= 4 is 10.9 Å². The number of aromatic amines is 1. The molecule has 0 atom stereocenters. The van der Waals surface area contributed by atoms with Crippen LogP contribution in [0.5, 0.6) is 5.75 Å². The highest BCUT2D eigenvalue weighted by molar-refractivity contribution is 5.83. The minimum absolute atomic E-state index is 0.298. The first-order valence-electron chi connectivity index (χ1n) is 6.20. The first-order chi connectivity index (χ1) is 10.1. The largest absolute Gasteiger partial charge is 0.495 e. The van der Waals surface area contributed by atoms with Crippen LogP contribution in [-0.2, 0) is 0 Å². The van der Waals surface area contributed by atoms with Crippen molar-refractivity contribution in [1.82, 2.24) is 9.55 Å². The minimum atomic E-state index is -0.608. The molecule has 2 aromatic carbocycles. The Morgan fingerprint density at radius 2 is 1.81 bits per heavy atom. The summed E-state index contributed by atoms with van der Waals surface area (Å²) in [5.41, 5.74) is -0.455. The molecule has 0 aliphatic carbocycles. The number of nitrogens with one attached hydrogen (secondary N) is 1. The van der Waals surface area contributed by atoms with Crippen LogP contribution in [-0.4, -0.2) is 16.7 Å². The van der Waals surface area contributed by atoms with E-state index in [4.69, 9.17) is 4.74 Å². The molecule has 1 aromatic heterocycles. The molecular formula is C15H11FN2O3. The molecule has 0 fully saturated rings. The van der Waals surface area contributed by atoms with Gasteiger partial charge in [0.2, 0.25) is 0 Å². The molecule has 1 heterocycles. The number of nitrogens with zero attached hydrogens (tertiary/aromatic N) is 1. The van der Waals surface area contributed by atoms with Gasteiger partial charge in [0.25, 0.3) is 5.56 Å². The topological polar surface area (TPSA) is 64.1 Å². The van der Waals surface area contributed by atoms with E-state index in [9.17, 15) is 14.0 Å². The van der Waals surface area contributed by atoms with Gasteiger partial charge >= 0.3 is 5.69 Å². The fourth-order valence-electron chi connectivity index (χ4n) is 2.21. The highest BCUT2D eigenvalue weighted by Crippen LogP contribution is 2.19. The number of benzene rings is 2. The van der Waals surface area contributed by atoms with Crippen LogP contribution >= 0.6 is 0 Å². The molecule has 3 rings (SSSR count). The number of aromatic nitrogens is 2. The maximum Gasteiger partial charge on any atom is 0.333 e. The summed E-state index contributed by atoms with van der Waals surface area (Å²) in [4.78, 5) is 27.3. The number of hydrogen-bond donors (Lipinski definition) is 1. The Hall–Kier alpha value is -2.89. The number of H-pyrrole nitrogens is 1. The maximum absolute atomic E-state index is 13.0. The third-order valence-corrected chi connectivity index (χ3v) is 3.20. The van der Waals surface area contributed by atoms with E-state index < -0.39 is 17.1 Å². The van der Waals surface area contributed by atoms with Crippen molar-refractivity contribution in [3.63, 3.8) is 0 Å². The molecule has 0 saturated carbocycles. The highest BCUT2D eigenvalue weighted by atomic mass is 19.1. The average Bonchev–Trinajstić information content (AvgIpc) is 2.48. The highest BCUT2D eigenvalue weighted by Gasteiger charge is 2.12. The minimum Gasteiger partial charge on any atom is -0.495 e. The molecule has 0 aliphatic heterocycles. The van der Waals surface area contributed by atoms with Gasteiger partial charge in [-0.2, -0.15) is 0 Å². The Morgan fingerprint density at radius 1 is 1.10 bits per heavy atom. The van der Waals surface area contributed by atoms with E-state index >= 15 is 0 Å². The molecule has 21 heavy (non-hydrogen) atoms. The SMILES string of the molecule is COc1cccc2c(=O)n(-c3ccc(F)cc3)c(=O)[nH]c12. The second-order valence-electron chi connectivity index (χ2n) is 4.43. The molecule has 6 heteroatoms. The summed E-state index contributed by atoms with van der Waals surface area (Å²) in [6, 6.07) is 10.0. The molecule has 0 aliphatic rings. The second-order valence-corrected chi connectivity index (χ2v) is 4.43. The third-order valence-electron chi connectivity index (χ3n) is 3.20. The molecule has 0 amide bonds. The standard InChI is InChI=1S/C15H11FN2O3/c1-21-12-4-2-3-11-13(12)17-15(20)18(14(11)19)10-7-5-9(16)6-8-10/h2-8H,1H3,(H,17,20). The summed E-state index contributed by atoms with van der Waals surface area (Å²) in [6.07, 6.45) is 0. The molecule has 0 unspecified atom stereocenters. The molecule has 1 N–H and O–H groups in total. The molecule has 0 spiro atoms. The van der Waals surface area contributed by atoms with Crippen LogP contribution in [0.15, 0.2) is 52.1 Å². The lowest BCUT2D eigenvalue weighted by atomic mass is 10.2. The Balaban J connectivity index is 2.38. The third kappa shape index (κ3) is 2.10. The summed E-state index contributed by atoms with van der Waals surface area (Å²) < 4.78 is 19.1. The molecular weight excluding hydrogens is 275 g/mol. The predicted octanol–water partition coefficient (Wildman–Crippen LogP) is 1.83. The van der Waals surface area contributed by atoms with Crippen LogP contribution in [0.4, 0.5) is 4.39 Å². The Labute approximate surface area is 118 Å². The lowest BCUT2D eigenvalue weighted by Gasteiger charge is -2.08. The van der Waals surface area contributed by atoms with Crippen molar-refractivity contribution in [2.24, 2.45) is 0 Å². The van der Waals surface area contributed by atoms with Crippen LogP contribution in [0.25, 0.3) is 16.6 Å². The van der Waals surface area contributed by atoms with E-state index in [2.05, 4.69) is 4.98 Å². The Bertz CT molecular complexity index is 926. The first-order valence-corrected chi connectivity index (χ1v) is 6.20. The van der Waals surface area contributed by atoms with Crippen molar-refractivity contribution in [1.29, 1.82) is 0 Å². The number of hydrogen-bond acceptors (Lipinski definition) is 3. The van der Waals surface area contributed by atoms with Gasteiger partial charge in [0, 0.05) is 0 Å². The van der Waals surface area contributed by atoms with Gasteiger partial charge in [-0.1, -0.05) is 6.07 Å². The van der Waals surface area contributed by atoms with Gasteiger partial charge in [-0.25, -0.2) is 13.8 Å². The maximum atomic E-state index is 13.0. The fraction of sp³-hybridized carbons (Fsp3) is 0.0667. The Kier molecular flexibility index (Phi) is 3.06. The second kappa shape index (κ2) is 4.90. The number of ether oxygens (including phenoxy) is 1. The van der Waals surface area contributed by atoms with Gasteiger partial charge in [-0.05, 0) is 36.4 Å². The van der Waals surface area contributed by atoms with E-state index in [0.717, 1.165) is 4.57 Å². The zero-order chi connectivity index (χ0) is 15.0.